The highest BCUT2D eigenvalue weighted by Gasteiger charge is 2.28. The second-order valence-corrected chi connectivity index (χ2v) is 6.18. The van der Waals surface area contributed by atoms with Crippen molar-refractivity contribution in [1.29, 1.82) is 0 Å². The molecule has 24 heavy (non-hydrogen) atoms. The molecule has 0 saturated carbocycles. The lowest BCUT2D eigenvalue weighted by Crippen LogP contribution is -2.43. The van der Waals surface area contributed by atoms with Crippen LogP contribution in [-0.2, 0) is 4.74 Å². The highest BCUT2D eigenvalue weighted by molar-refractivity contribution is 5.40. The number of rotatable bonds is 6. The topological polar surface area (TPSA) is 39.7 Å². The van der Waals surface area contributed by atoms with Crippen LogP contribution < -0.4 is 14.8 Å². The van der Waals surface area contributed by atoms with Crippen LogP contribution in [0.2, 0.25) is 0 Å². The Morgan fingerprint density at radius 3 is 2.25 bits per heavy atom. The lowest BCUT2D eigenvalue weighted by atomic mass is 10.0. The van der Waals surface area contributed by atoms with Crippen molar-refractivity contribution in [2.45, 2.75) is 32.2 Å². The number of hydrogen-bond donors (Lipinski definition) is 1. The number of hydrogen-bond acceptors (Lipinski definition) is 4. The Morgan fingerprint density at radius 1 is 0.958 bits per heavy atom. The van der Waals surface area contributed by atoms with Gasteiger partial charge in [0.05, 0.1) is 12.7 Å². The van der Waals surface area contributed by atoms with Gasteiger partial charge in [-0.1, -0.05) is 42.5 Å². The van der Waals surface area contributed by atoms with Crippen molar-refractivity contribution in [1.82, 2.24) is 5.32 Å². The molecule has 1 aliphatic rings. The maximum Gasteiger partial charge on any atom is 0.162 e. The van der Waals surface area contributed by atoms with Gasteiger partial charge in [-0.15, -0.1) is 0 Å². The van der Waals surface area contributed by atoms with E-state index in [1.165, 1.54) is 0 Å². The van der Waals surface area contributed by atoms with E-state index in [4.69, 9.17) is 14.2 Å². The van der Waals surface area contributed by atoms with E-state index < -0.39 is 0 Å². The van der Waals surface area contributed by atoms with Crippen LogP contribution in [0.3, 0.4) is 0 Å². The highest BCUT2D eigenvalue weighted by Crippen LogP contribution is 2.34. The lowest BCUT2D eigenvalue weighted by Gasteiger charge is -2.32. The summed E-state index contributed by atoms with van der Waals surface area (Å²) in [6.07, 6.45) is -0.123. The van der Waals surface area contributed by atoms with Crippen molar-refractivity contribution >= 4 is 0 Å². The fourth-order valence-corrected chi connectivity index (χ4v) is 2.82. The highest BCUT2D eigenvalue weighted by atomic mass is 16.6. The third-order valence-electron chi connectivity index (χ3n) is 3.89. The maximum atomic E-state index is 6.38. The summed E-state index contributed by atoms with van der Waals surface area (Å²) in [7, 11) is 0. The Balaban J connectivity index is 1.87. The largest absolute Gasteiger partial charge is 0.487 e. The standard InChI is InChI=1S/C20H25NO3/c1-15(2)23-17-10-6-7-11-18(17)24-20(16-8-4-3-5-9-16)19-14-21-12-13-22-19/h3-11,15,19-21H,12-14H2,1-2H3/t19-,20?/m0/s1. The third kappa shape index (κ3) is 4.28. The number of morpholine rings is 1. The molecule has 1 heterocycles. The first-order valence-corrected chi connectivity index (χ1v) is 8.53. The average molecular weight is 327 g/mol. The second-order valence-electron chi connectivity index (χ2n) is 6.18. The fraction of sp³-hybridized carbons (Fsp3) is 0.400. The predicted octanol–water partition coefficient (Wildman–Crippen LogP) is 3.58. The molecule has 0 amide bonds. The first-order chi connectivity index (χ1) is 11.7. The third-order valence-corrected chi connectivity index (χ3v) is 3.89. The Kier molecular flexibility index (Phi) is 5.72. The first kappa shape index (κ1) is 16.8. The normalized spacial score (nSPS) is 19.0. The van der Waals surface area contributed by atoms with E-state index in [9.17, 15) is 0 Å². The SMILES string of the molecule is CC(C)Oc1ccccc1OC(c1ccccc1)[C@@H]1CNCCO1. The maximum absolute atomic E-state index is 6.38. The van der Waals surface area contributed by atoms with E-state index in [0.717, 1.165) is 30.2 Å². The molecule has 0 aromatic heterocycles. The van der Waals surface area contributed by atoms with E-state index in [-0.39, 0.29) is 18.3 Å². The molecule has 0 aliphatic carbocycles. The predicted molar refractivity (Wildman–Crippen MR) is 94.6 cm³/mol. The number of benzene rings is 2. The summed E-state index contributed by atoms with van der Waals surface area (Å²) in [5, 5.41) is 3.38. The summed E-state index contributed by atoms with van der Waals surface area (Å²) in [6, 6.07) is 18.0. The molecule has 128 valence electrons. The van der Waals surface area contributed by atoms with E-state index in [2.05, 4.69) is 17.4 Å². The van der Waals surface area contributed by atoms with Gasteiger partial charge in [0.1, 0.15) is 6.10 Å². The minimum Gasteiger partial charge on any atom is -0.487 e. The number of para-hydroxylation sites is 2. The van der Waals surface area contributed by atoms with Crippen LogP contribution in [-0.4, -0.2) is 31.9 Å². The van der Waals surface area contributed by atoms with Crippen LogP contribution in [0, 0.1) is 0 Å². The lowest BCUT2D eigenvalue weighted by molar-refractivity contribution is -0.0441. The second kappa shape index (κ2) is 8.18. The first-order valence-electron chi connectivity index (χ1n) is 8.53. The zero-order chi connectivity index (χ0) is 16.8. The van der Waals surface area contributed by atoms with Gasteiger partial charge in [0.25, 0.3) is 0 Å². The summed E-state index contributed by atoms with van der Waals surface area (Å²) < 4.78 is 18.2. The Labute approximate surface area is 143 Å². The molecule has 4 nitrogen and oxygen atoms in total. The van der Waals surface area contributed by atoms with Crippen LogP contribution in [0.1, 0.15) is 25.5 Å². The van der Waals surface area contributed by atoms with Gasteiger partial charge in [-0.25, -0.2) is 0 Å². The van der Waals surface area contributed by atoms with Crippen molar-refractivity contribution < 1.29 is 14.2 Å². The summed E-state index contributed by atoms with van der Waals surface area (Å²) in [6.45, 7) is 6.37. The van der Waals surface area contributed by atoms with Gasteiger partial charge in [0, 0.05) is 13.1 Å². The Hall–Kier alpha value is -2.04. The molecule has 2 aromatic rings. The fourth-order valence-electron chi connectivity index (χ4n) is 2.82. The van der Waals surface area contributed by atoms with Crippen molar-refractivity contribution in [2.24, 2.45) is 0 Å². The molecular formula is C20H25NO3. The van der Waals surface area contributed by atoms with Gasteiger partial charge in [-0.05, 0) is 31.5 Å². The van der Waals surface area contributed by atoms with Crippen LogP contribution >= 0.6 is 0 Å². The van der Waals surface area contributed by atoms with E-state index in [1.807, 2.05) is 56.3 Å². The van der Waals surface area contributed by atoms with Crippen LogP contribution in [0.5, 0.6) is 11.5 Å². The van der Waals surface area contributed by atoms with Crippen LogP contribution in [0.25, 0.3) is 0 Å². The minimum absolute atomic E-state index is 0.0340. The molecule has 2 aromatic carbocycles. The average Bonchev–Trinajstić information content (AvgIpc) is 2.62. The van der Waals surface area contributed by atoms with Gasteiger partial charge in [-0.2, -0.15) is 0 Å². The molecule has 1 N–H and O–H groups in total. The van der Waals surface area contributed by atoms with E-state index in [0.29, 0.717) is 6.61 Å². The summed E-state index contributed by atoms with van der Waals surface area (Å²) in [5.74, 6) is 1.51. The number of nitrogens with one attached hydrogen (secondary N) is 1. The Morgan fingerprint density at radius 2 is 1.62 bits per heavy atom. The minimum atomic E-state index is -0.184. The molecular weight excluding hydrogens is 302 g/mol. The van der Waals surface area contributed by atoms with Gasteiger partial charge >= 0.3 is 0 Å². The van der Waals surface area contributed by atoms with Crippen molar-refractivity contribution in [3.05, 3.63) is 60.2 Å². The Bertz CT molecular complexity index is 624. The zero-order valence-electron chi connectivity index (χ0n) is 14.3. The summed E-state index contributed by atoms with van der Waals surface area (Å²) in [5.41, 5.74) is 1.10. The molecule has 0 radical (unpaired) electrons. The van der Waals surface area contributed by atoms with Crippen LogP contribution in [0.4, 0.5) is 0 Å². The molecule has 1 saturated heterocycles. The summed E-state index contributed by atoms with van der Waals surface area (Å²) in [4.78, 5) is 0. The van der Waals surface area contributed by atoms with Crippen molar-refractivity contribution in [3.8, 4) is 11.5 Å². The van der Waals surface area contributed by atoms with E-state index >= 15 is 0 Å². The molecule has 4 heteroatoms. The molecule has 1 aliphatic heterocycles. The van der Waals surface area contributed by atoms with Gasteiger partial charge < -0.3 is 19.5 Å². The number of ether oxygens (including phenoxy) is 3. The van der Waals surface area contributed by atoms with Gasteiger partial charge in [0.2, 0.25) is 0 Å². The van der Waals surface area contributed by atoms with Gasteiger partial charge in [0.15, 0.2) is 17.6 Å². The monoisotopic (exact) mass is 327 g/mol. The van der Waals surface area contributed by atoms with Crippen molar-refractivity contribution in [3.63, 3.8) is 0 Å². The van der Waals surface area contributed by atoms with Crippen molar-refractivity contribution in [2.75, 3.05) is 19.7 Å². The summed E-state index contributed by atoms with van der Waals surface area (Å²) >= 11 is 0. The molecule has 0 spiro atoms. The smallest absolute Gasteiger partial charge is 0.162 e. The molecule has 0 bridgehead atoms. The van der Waals surface area contributed by atoms with Gasteiger partial charge in [-0.3, -0.25) is 0 Å². The van der Waals surface area contributed by atoms with Crippen LogP contribution in [0.15, 0.2) is 54.6 Å². The quantitative estimate of drug-likeness (QED) is 0.880. The molecule has 2 atom stereocenters. The van der Waals surface area contributed by atoms with E-state index in [1.54, 1.807) is 0 Å². The zero-order valence-corrected chi connectivity index (χ0v) is 14.3. The molecule has 1 fully saturated rings. The molecule has 1 unspecified atom stereocenters. The molecule has 3 rings (SSSR count).